The van der Waals surface area contributed by atoms with Crippen LogP contribution in [0.1, 0.15) is 36.7 Å². The molecule has 1 amide bonds. The lowest BCUT2D eigenvalue weighted by atomic mass is 9.95. The highest BCUT2D eigenvalue weighted by Crippen LogP contribution is 2.16. The molecule has 0 spiro atoms. The first-order chi connectivity index (χ1) is 14.6. The van der Waals surface area contributed by atoms with Crippen LogP contribution in [0.25, 0.3) is 0 Å². The Morgan fingerprint density at radius 1 is 1.39 bits per heavy atom. The molecule has 3 unspecified atom stereocenters. The van der Waals surface area contributed by atoms with Crippen LogP contribution in [-0.2, 0) is 16.4 Å². The average molecular weight is 454 g/mol. The maximum Gasteiger partial charge on any atom is 0.311 e. The highest BCUT2D eigenvalue weighted by atomic mass is 32.2. The van der Waals surface area contributed by atoms with E-state index in [0.717, 1.165) is 22.4 Å². The van der Waals surface area contributed by atoms with Gasteiger partial charge in [0.2, 0.25) is 10.0 Å². The number of nitriles is 1. The van der Waals surface area contributed by atoms with Gasteiger partial charge in [0.1, 0.15) is 12.4 Å². The number of oxazole rings is 1. The molecule has 0 fully saturated rings. The maximum absolute atomic E-state index is 12.7. The number of aliphatic hydroxyl groups excluding tert-OH is 2. The van der Waals surface area contributed by atoms with Crippen molar-refractivity contribution < 1.29 is 29.3 Å². The van der Waals surface area contributed by atoms with Gasteiger partial charge in [0, 0.05) is 27.3 Å². The Bertz CT molecular complexity index is 1010. The molecule has 0 bridgehead atoms. The molecule has 2 aromatic rings. The number of sulfonamides is 1. The van der Waals surface area contributed by atoms with Crippen LogP contribution in [-0.4, -0.2) is 66.1 Å². The van der Waals surface area contributed by atoms with Gasteiger partial charge >= 0.3 is 6.01 Å². The molecule has 3 atom stereocenters. The Kier molecular flexibility index (Phi) is 8.49. The Morgan fingerprint density at radius 3 is 2.68 bits per heavy atom. The van der Waals surface area contributed by atoms with Crippen molar-refractivity contribution in [3.63, 3.8) is 0 Å². The molecule has 0 aliphatic heterocycles. The smallest absolute Gasteiger partial charge is 0.311 e. The summed E-state index contributed by atoms with van der Waals surface area (Å²) in [6.45, 7) is 0. The highest BCUT2D eigenvalue weighted by Gasteiger charge is 2.29. The van der Waals surface area contributed by atoms with Crippen LogP contribution in [0.5, 0.6) is 0 Å². The molecule has 0 aromatic carbocycles. The number of rotatable bonds is 11. The Morgan fingerprint density at radius 2 is 2.06 bits per heavy atom. The molecule has 31 heavy (non-hydrogen) atoms. The summed E-state index contributed by atoms with van der Waals surface area (Å²) in [7, 11) is -2.39. The van der Waals surface area contributed by atoms with Crippen LogP contribution in [0.3, 0.4) is 0 Å². The van der Waals surface area contributed by atoms with Crippen molar-refractivity contribution in [1.29, 1.82) is 5.26 Å². The lowest BCUT2D eigenvalue weighted by Crippen LogP contribution is -2.50. The third-order valence-electron chi connectivity index (χ3n) is 4.61. The predicted octanol–water partition coefficient (Wildman–Crippen LogP) is 0.468. The van der Waals surface area contributed by atoms with E-state index in [-0.39, 0.29) is 32.4 Å². The van der Waals surface area contributed by atoms with Crippen LogP contribution < -0.4 is 9.62 Å². The molecule has 11 nitrogen and oxygen atoms in total. The summed E-state index contributed by atoms with van der Waals surface area (Å²) < 4.78 is 29.1. The van der Waals surface area contributed by atoms with Gasteiger partial charge in [-0.25, -0.2) is 12.7 Å². The summed E-state index contributed by atoms with van der Waals surface area (Å²) in [5.74, 6) is -0.709. The van der Waals surface area contributed by atoms with Crippen LogP contribution in [0, 0.1) is 11.3 Å². The first-order valence-electron chi connectivity index (χ1n) is 9.45. The second-order valence-electron chi connectivity index (χ2n) is 6.99. The monoisotopic (exact) mass is 453 g/mol. The van der Waals surface area contributed by atoms with Gasteiger partial charge in [0.05, 0.1) is 24.5 Å². The quantitative estimate of drug-likeness (QED) is 0.409. The van der Waals surface area contributed by atoms with E-state index < -0.39 is 34.2 Å². The van der Waals surface area contributed by atoms with Crippen LogP contribution in [0.15, 0.2) is 35.2 Å². The molecular formula is C19H27N5O6S. The topological polar surface area (TPSA) is 170 Å². The van der Waals surface area contributed by atoms with Gasteiger partial charge in [0.15, 0.2) is 5.69 Å². The number of carbonyl (C=O) groups excluding carboxylic acids is 1. The Labute approximate surface area is 181 Å². The number of aromatic nitrogens is 2. The molecule has 2 aromatic heterocycles. The van der Waals surface area contributed by atoms with E-state index in [1.165, 1.54) is 7.05 Å². The standard InChI is InChI=1S/C19H25N5O6S.H2/c1-24(31(2,28)29)19-23-15(12-30-19)18(27)22-14(11-13-6-9-21-10-7-13)17(26)16(25)5-3-4-8-20;/h6-7,9-10,12,14,16-17,25-26H,3-5,11H2,1-2H3,(H,22,27);1H. The molecule has 0 radical (unpaired) electrons. The fourth-order valence-electron chi connectivity index (χ4n) is 2.76. The number of nitrogens with one attached hydrogen (secondary N) is 1. The number of amides is 1. The van der Waals surface area contributed by atoms with E-state index in [2.05, 4.69) is 15.3 Å². The molecule has 2 heterocycles. The molecule has 2 rings (SSSR count). The van der Waals surface area contributed by atoms with Gasteiger partial charge in [-0.1, -0.05) is 0 Å². The number of anilines is 1. The molecule has 170 valence electrons. The van der Waals surface area contributed by atoms with Gasteiger partial charge in [-0.15, -0.1) is 0 Å². The summed E-state index contributed by atoms with van der Waals surface area (Å²) in [5.41, 5.74) is 0.581. The van der Waals surface area contributed by atoms with E-state index in [0.29, 0.717) is 6.42 Å². The number of aliphatic hydroxyl groups is 2. The largest absolute Gasteiger partial charge is 0.430 e. The first-order valence-corrected chi connectivity index (χ1v) is 11.3. The van der Waals surface area contributed by atoms with Crippen molar-refractivity contribution in [3.8, 4) is 6.07 Å². The molecule has 0 aliphatic carbocycles. The highest BCUT2D eigenvalue weighted by molar-refractivity contribution is 7.92. The van der Waals surface area contributed by atoms with E-state index in [1.54, 1.807) is 24.5 Å². The fraction of sp³-hybridized carbons (Fsp3) is 0.474. The predicted molar refractivity (Wildman–Crippen MR) is 113 cm³/mol. The second kappa shape index (κ2) is 10.9. The second-order valence-corrected chi connectivity index (χ2v) is 9.01. The summed E-state index contributed by atoms with van der Waals surface area (Å²) in [5, 5.41) is 32.2. The van der Waals surface area contributed by atoms with Crippen molar-refractivity contribution in [2.75, 3.05) is 17.6 Å². The number of nitrogens with zero attached hydrogens (tertiary/aromatic N) is 4. The van der Waals surface area contributed by atoms with Gasteiger partial charge in [-0.05, 0) is 37.0 Å². The lowest BCUT2D eigenvalue weighted by molar-refractivity contribution is -0.00792. The molecular weight excluding hydrogens is 426 g/mol. The number of pyridine rings is 1. The van der Waals surface area contributed by atoms with Crippen LogP contribution >= 0.6 is 0 Å². The van der Waals surface area contributed by atoms with Gasteiger partial charge in [-0.2, -0.15) is 10.2 Å². The molecule has 0 saturated carbocycles. The fourth-order valence-corrected chi connectivity index (χ4v) is 3.12. The number of hydrogen-bond donors (Lipinski definition) is 3. The van der Waals surface area contributed by atoms with E-state index >= 15 is 0 Å². The summed E-state index contributed by atoms with van der Waals surface area (Å²) in [4.78, 5) is 20.5. The maximum atomic E-state index is 12.7. The summed E-state index contributed by atoms with van der Waals surface area (Å²) >= 11 is 0. The number of hydrogen-bond acceptors (Lipinski definition) is 9. The van der Waals surface area contributed by atoms with Gasteiger partial charge < -0.3 is 19.9 Å². The minimum absolute atomic E-state index is 0. The zero-order valence-electron chi connectivity index (χ0n) is 17.2. The minimum Gasteiger partial charge on any atom is -0.430 e. The average Bonchev–Trinajstić information content (AvgIpc) is 3.22. The summed E-state index contributed by atoms with van der Waals surface area (Å²) in [6, 6.07) is 4.22. The molecule has 0 saturated heterocycles. The van der Waals surface area contributed by atoms with Crippen molar-refractivity contribution in [3.05, 3.63) is 42.0 Å². The first kappa shape index (κ1) is 24.3. The number of carbonyl (C=O) groups is 1. The van der Waals surface area contributed by atoms with Crippen LogP contribution in [0.4, 0.5) is 6.01 Å². The van der Waals surface area contributed by atoms with Crippen LogP contribution in [0.2, 0.25) is 0 Å². The zero-order valence-corrected chi connectivity index (χ0v) is 18.0. The lowest BCUT2D eigenvalue weighted by Gasteiger charge is -2.27. The van der Waals surface area contributed by atoms with E-state index in [4.69, 9.17) is 9.68 Å². The molecule has 0 aliphatic rings. The van der Waals surface area contributed by atoms with Crippen molar-refractivity contribution in [2.45, 2.75) is 43.9 Å². The van der Waals surface area contributed by atoms with E-state index in [9.17, 15) is 23.4 Å². The third kappa shape index (κ3) is 7.02. The van der Waals surface area contributed by atoms with Gasteiger partial charge in [0.25, 0.3) is 5.91 Å². The van der Waals surface area contributed by atoms with Gasteiger partial charge in [-0.3, -0.25) is 9.78 Å². The summed E-state index contributed by atoms with van der Waals surface area (Å²) in [6.07, 6.45) is 3.63. The normalized spacial score (nSPS) is 14.3. The number of unbranched alkanes of at least 4 members (excludes halogenated alkanes) is 1. The SMILES string of the molecule is CN(c1nc(C(=O)NC(Cc2ccncc2)C(O)C(O)CCCC#N)co1)S(C)(=O)=O.[HH]. The minimum atomic E-state index is -3.62. The van der Waals surface area contributed by atoms with E-state index in [1.807, 2.05) is 6.07 Å². The Balaban J connectivity index is 0.00000512. The van der Waals surface area contributed by atoms with Crippen molar-refractivity contribution >= 4 is 21.9 Å². The third-order valence-corrected chi connectivity index (χ3v) is 5.76. The van der Waals surface area contributed by atoms with Crippen molar-refractivity contribution in [2.24, 2.45) is 0 Å². The Hall–Kier alpha value is -3.01. The molecule has 3 N–H and O–H groups in total. The van der Waals surface area contributed by atoms with Crippen molar-refractivity contribution in [1.82, 2.24) is 15.3 Å². The zero-order chi connectivity index (χ0) is 23.0. The molecule has 12 heteroatoms.